The summed E-state index contributed by atoms with van der Waals surface area (Å²) in [5.41, 5.74) is 2.92. The maximum atomic E-state index is 12.2. The van der Waals surface area contributed by atoms with Gasteiger partial charge in [-0.15, -0.1) is 0 Å². The molecule has 1 saturated heterocycles. The van der Waals surface area contributed by atoms with Crippen molar-refractivity contribution in [3.05, 3.63) is 41.8 Å². The lowest BCUT2D eigenvalue weighted by molar-refractivity contribution is -0.128. The molecule has 0 radical (unpaired) electrons. The van der Waals surface area contributed by atoms with Gasteiger partial charge < -0.3 is 14.6 Å². The summed E-state index contributed by atoms with van der Waals surface area (Å²) in [7, 11) is 0. The first-order chi connectivity index (χ1) is 12.1. The highest BCUT2D eigenvalue weighted by molar-refractivity contribution is 5.89. The zero-order chi connectivity index (χ0) is 17.8. The summed E-state index contributed by atoms with van der Waals surface area (Å²) in [6.07, 6.45) is 2.53. The van der Waals surface area contributed by atoms with Crippen molar-refractivity contribution in [3.8, 4) is 11.5 Å². The molecule has 0 saturated carbocycles. The van der Waals surface area contributed by atoms with Crippen molar-refractivity contribution in [1.29, 1.82) is 0 Å². The maximum absolute atomic E-state index is 12.2. The number of nitrogens with one attached hydrogen (secondary N) is 1. The zero-order valence-corrected chi connectivity index (χ0v) is 14.6. The number of nitrogens with zero attached hydrogens (tertiary/aromatic N) is 2. The van der Waals surface area contributed by atoms with E-state index in [-0.39, 0.29) is 17.7 Å². The van der Waals surface area contributed by atoms with E-state index in [1.165, 1.54) is 5.56 Å². The molecular weight excluding hydrogens is 318 g/mol. The predicted molar refractivity (Wildman–Crippen MR) is 93.8 cm³/mol. The van der Waals surface area contributed by atoms with Crippen molar-refractivity contribution < 1.29 is 14.0 Å². The molecule has 2 amide bonds. The fourth-order valence-electron chi connectivity index (χ4n) is 2.96. The molecule has 1 aromatic heterocycles. The summed E-state index contributed by atoms with van der Waals surface area (Å²) in [4.78, 5) is 30.0. The lowest BCUT2D eigenvalue weighted by Gasteiger charge is -2.13. The van der Waals surface area contributed by atoms with E-state index in [0.29, 0.717) is 38.4 Å². The summed E-state index contributed by atoms with van der Waals surface area (Å²) >= 11 is 0. The van der Waals surface area contributed by atoms with Crippen LogP contribution in [-0.4, -0.2) is 41.3 Å². The number of carbonyl (C=O) groups excluding carboxylic acids is 2. The lowest BCUT2D eigenvalue weighted by atomic mass is 10.1. The number of likely N-dealkylation sites (tertiary alicyclic amines) is 1. The van der Waals surface area contributed by atoms with Gasteiger partial charge in [-0.25, -0.2) is 4.98 Å². The average Bonchev–Trinajstić information content (AvgIpc) is 3.22. The van der Waals surface area contributed by atoms with Crippen molar-refractivity contribution in [2.45, 2.75) is 26.7 Å². The highest BCUT2D eigenvalue weighted by Crippen LogP contribution is 2.19. The average molecular weight is 341 g/mol. The summed E-state index contributed by atoms with van der Waals surface area (Å²) < 4.78 is 5.52. The van der Waals surface area contributed by atoms with Crippen molar-refractivity contribution in [1.82, 2.24) is 15.2 Å². The molecule has 0 bridgehead atoms. The van der Waals surface area contributed by atoms with Gasteiger partial charge in [0.25, 0.3) is 0 Å². The molecular formula is C19H23N3O3. The smallest absolute Gasteiger partial charge is 0.226 e. The second-order valence-electron chi connectivity index (χ2n) is 6.38. The fourth-order valence-corrected chi connectivity index (χ4v) is 2.96. The highest BCUT2D eigenvalue weighted by atomic mass is 16.3. The molecule has 1 fully saturated rings. The highest BCUT2D eigenvalue weighted by Gasteiger charge is 2.33. The Morgan fingerprint density at radius 1 is 1.36 bits per heavy atom. The molecule has 1 aliphatic heterocycles. The van der Waals surface area contributed by atoms with Gasteiger partial charge in [0.05, 0.1) is 11.6 Å². The van der Waals surface area contributed by atoms with E-state index < -0.39 is 0 Å². The Kier molecular flexibility index (Phi) is 5.16. The van der Waals surface area contributed by atoms with E-state index in [4.69, 9.17) is 4.42 Å². The quantitative estimate of drug-likeness (QED) is 0.874. The maximum Gasteiger partial charge on any atom is 0.226 e. The van der Waals surface area contributed by atoms with Gasteiger partial charge in [-0.3, -0.25) is 9.59 Å². The van der Waals surface area contributed by atoms with Crippen molar-refractivity contribution >= 4 is 11.8 Å². The van der Waals surface area contributed by atoms with Gasteiger partial charge in [0.15, 0.2) is 0 Å². The van der Waals surface area contributed by atoms with Gasteiger partial charge >= 0.3 is 0 Å². The predicted octanol–water partition coefficient (Wildman–Crippen LogP) is 2.18. The van der Waals surface area contributed by atoms with Crippen LogP contribution in [-0.2, 0) is 16.0 Å². The van der Waals surface area contributed by atoms with E-state index in [0.717, 1.165) is 11.3 Å². The number of rotatable bonds is 6. The number of benzene rings is 1. The third kappa shape index (κ3) is 4.07. The van der Waals surface area contributed by atoms with E-state index in [9.17, 15) is 9.59 Å². The number of carbonyl (C=O) groups is 2. The Balaban J connectivity index is 1.49. The molecule has 25 heavy (non-hydrogen) atoms. The third-order valence-electron chi connectivity index (χ3n) is 4.50. The van der Waals surface area contributed by atoms with Gasteiger partial charge in [-0.2, -0.15) is 0 Å². The van der Waals surface area contributed by atoms with Crippen LogP contribution in [0.15, 0.2) is 34.9 Å². The van der Waals surface area contributed by atoms with E-state index in [1.54, 1.807) is 11.2 Å². The summed E-state index contributed by atoms with van der Waals surface area (Å²) in [6, 6.07) is 7.98. The molecule has 1 aromatic carbocycles. The molecule has 0 spiro atoms. The van der Waals surface area contributed by atoms with E-state index in [1.807, 2.05) is 38.1 Å². The molecule has 1 unspecified atom stereocenters. The van der Waals surface area contributed by atoms with Gasteiger partial charge in [0.1, 0.15) is 6.26 Å². The van der Waals surface area contributed by atoms with Gasteiger partial charge in [0.2, 0.25) is 17.7 Å². The first-order valence-electron chi connectivity index (χ1n) is 8.63. The first kappa shape index (κ1) is 17.2. The minimum atomic E-state index is -0.243. The molecule has 2 aromatic rings. The Morgan fingerprint density at radius 3 is 2.80 bits per heavy atom. The third-order valence-corrected chi connectivity index (χ3v) is 4.50. The Bertz CT molecular complexity index is 752. The van der Waals surface area contributed by atoms with Crippen LogP contribution in [0.3, 0.4) is 0 Å². The zero-order valence-electron chi connectivity index (χ0n) is 14.6. The monoisotopic (exact) mass is 341 g/mol. The van der Waals surface area contributed by atoms with Crippen LogP contribution in [0.4, 0.5) is 0 Å². The van der Waals surface area contributed by atoms with E-state index >= 15 is 0 Å². The number of oxazole rings is 1. The van der Waals surface area contributed by atoms with Crippen molar-refractivity contribution in [2.75, 3.05) is 19.6 Å². The number of aromatic nitrogens is 1. The minimum Gasteiger partial charge on any atom is -0.444 e. The SMILES string of the molecule is CCN1CC(C(=O)NCCc2coc(-c3ccc(C)cc3)n2)CC1=O. The molecule has 2 heterocycles. The fraction of sp³-hybridized carbons (Fsp3) is 0.421. The van der Waals surface area contributed by atoms with Crippen molar-refractivity contribution in [2.24, 2.45) is 5.92 Å². The second kappa shape index (κ2) is 7.51. The van der Waals surface area contributed by atoms with Crippen LogP contribution < -0.4 is 5.32 Å². The lowest BCUT2D eigenvalue weighted by Crippen LogP contribution is -2.34. The Labute approximate surface area is 147 Å². The minimum absolute atomic E-state index is 0.0573. The van der Waals surface area contributed by atoms with Crippen LogP contribution in [0.2, 0.25) is 0 Å². The molecule has 6 nitrogen and oxygen atoms in total. The molecule has 1 atom stereocenters. The number of hydrogen-bond acceptors (Lipinski definition) is 4. The largest absolute Gasteiger partial charge is 0.444 e. The summed E-state index contributed by atoms with van der Waals surface area (Å²) in [6.45, 7) is 5.61. The number of amides is 2. The summed E-state index contributed by atoms with van der Waals surface area (Å²) in [5.74, 6) is 0.336. The van der Waals surface area contributed by atoms with E-state index in [2.05, 4.69) is 10.3 Å². The number of aryl methyl sites for hydroxylation is 1. The van der Waals surface area contributed by atoms with Crippen molar-refractivity contribution in [3.63, 3.8) is 0 Å². The van der Waals surface area contributed by atoms with Gasteiger partial charge in [0, 0.05) is 38.0 Å². The van der Waals surface area contributed by atoms with Crippen LogP contribution in [0.25, 0.3) is 11.5 Å². The Hall–Kier alpha value is -2.63. The standard InChI is InChI=1S/C19H23N3O3/c1-3-22-11-15(10-17(22)23)18(24)20-9-8-16-12-25-19(21-16)14-6-4-13(2)5-7-14/h4-7,12,15H,3,8-11H2,1-2H3,(H,20,24). The molecule has 3 rings (SSSR count). The first-order valence-corrected chi connectivity index (χ1v) is 8.63. The normalized spacial score (nSPS) is 17.1. The van der Waals surface area contributed by atoms with Crippen LogP contribution in [0, 0.1) is 12.8 Å². The topological polar surface area (TPSA) is 75.4 Å². The molecule has 132 valence electrons. The van der Waals surface area contributed by atoms with Crippen LogP contribution >= 0.6 is 0 Å². The molecule has 0 aliphatic carbocycles. The van der Waals surface area contributed by atoms with Crippen LogP contribution in [0.5, 0.6) is 0 Å². The molecule has 1 N–H and O–H groups in total. The van der Waals surface area contributed by atoms with Gasteiger partial charge in [-0.05, 0) is 26.0 Å². The molecule has 6 heteroatoms. The van der Waals surface area contributed by atoms with Gasteiger partial charge in [-0.1, -0.05) is 17.7 Å². The Morgan fingerprint density at radius 2 is 2.12 bits per heavy atom. The molecule has 1 aliphatic rings. The number of hydrogen-bond donors (Lipinski definition) is 1. The van der Waals surface area contributed by atoms with Crippen LogP contribution in [0.1, 0.15) is 24.6 Å². The summed E-state index contributed by atoms with van der Waals surface area (Å²) in [5, 5.41) is 2.90. The second-order valence-corrected chi connectivity index (χ2v) is 6.38.